The molecule has 0 bridgehead atoms. The number of nitrogens with zero attached hydrogens (tertiary/aromatic N) is 1. The average molecular weight is 289 g/mol. The molecule has 1 aliphatic rings. The highest BCUT2D eigenvalue weighted by atomic mass is 79.9. The monoisotopic (exact) mass is 288 g/mol. The van der Waals surface area contributed by atoms with Crippen LogP contribution in [0.15, 0.2) is 34.6 Å². The standard InChI is InChI=1S/C8H14N2.C5H8.BrH.H2/c1-9-6-4-8-3-2-5-10-7-8;1-4-5(2)3;;/h5,7,9H,2-4,6H2,1H3;1H2,2-3H3;2*1H. The number of halogens is 1. The summed E-state index contributed by atoms with van der Waals surface area (Å²) in [4.78, 5) is 4.10. The van der Waals surface area contributed by atoms with Gasteiger partial charge in [0.1, 0.15) is 0 Å². The first-order valence-corrected chi connectivity index (χ1v) is 5.38. The molecule has 0 aliphatic carbocycles. The quantitative estimate of drug-likeness (QED) is 0.783. The minimum atomic E-state index is 0. The highest BCUT2D eigenvalue weighted by Gasteiger charge is 1.98. The lowest BCUT2D eigenvalue weighted by Gasteiger charge is -2.06. The van der Waals surface area contributed by atoms with E-state index in [1.54, 1.807) is 0 Å². The van der Waals surface area contributed by atoms with E-state index in [1.807, 2.05) is 33.3 Å². The summed E-state index contributed by atoms with van der Waals surface area (Å²) < 4.78 is 0. The molecule has 0 fully saturated rings. The third-order valence-electron chi connectivity index (χ3n) is 2.01. The Kier molecular flexibility index (Phi) is 13.8. The summed E-state index contributed by atoms with van der Waals surface area (Å²) in [5, 5.41) is 3.12. The SMILES string of the molecule is Br.C=C=C(C)C.CNCCC1=CN=CCC1.[HH]. The maximum absolute atomic E-state index is 4.10. The van der Waals surface area contributed by atoms with Gasteiger partial charge < -0.3 is 5.32 Å². The Morgan fingerprint density at radius 2 is 2.25 bits per heavy atom. The van der Waals surface area contributed by atoms with Crippen LogP contribution < -0.4 is 5.32 Å². The number of hydrogen-bond acceptors (Lipinski definition) is 2. The summed E-state index contributed by atoms with van der Waals surface area (Å²) >= 11 is 0. The van der Waals surface area contributed by atoms with E-state index >= 15 is 0 Å². The lowest BCUT2D eigenvalue weighted by atomic mass is 10.1. The van der Waals surface area contributed by atoms with Crippen LogP contribution in [0.1, 0.15) is 34.5 Å². The fourth-order valence-electron chi connectivity index (χ4n) is 1.02. The molecule has 94 valence electrons. The molecule has 0 aromatic heterocycles. The van der Waals surface area contributed by atoms with Crippen LogP contribution in [0.25, 0.3) is 0 Å². The second kappa shape index (κ2) is 12.4. The fourth-order valence-corrected chi connectivity index (χ4v) is 1.02. The van der Waals surface area contributed by atoms with Gasteiger partial charge in [0.25, 0.3) is 0 Å². The van der Waals surface area contributed by atoms with Crippen molar-refractivity contribution < 1.29 is 1.43 Å². The zero-order valence-corrected chi connectivity index (χ0v) is 12.3. The molecule has 2 nitrogen and oxygen atoms in total. The molecular weight excluding hydrogens is 264 g/mol. The molecular formula is C13H25BrN2. The van der Waals surface area contributed by atoms with Crippen LogP contribution >= 0.6 is 17.0 Å². The van der Waals surface area contributed by atoms with Crippen molar-refractivity contribution in [3.63, 3.8) is 0 Å². The summed E-state index contributed by atoms with van der Waals surface area (Å²) in [6.07, 6.45) is 7.43. The average Bonchev–Trinajstić information content (AvgIpc) is 2.28. The number of nitrogens with one attached hydrogen (secondary N) is 1. The van der Waals surface area contributed by atoms with Gasteiger partial charge in [-0.25, -0.2) is 0 Å². The number of hydrogen-bond donors (Lipinski definition) is 1. The maximum Gasteiger partial charge on any atom is 0.0256 e. The van der Waals surface area contributed by atoms with Gasteiger partial charge in [-0.15, -0.1) is 22.7 Å². The summed E-state index contributed by atoms with van der Waals surface area (Å²) in [7, 11) is 1.98. The van der Waals surface area contributed by atoms with Crippen LogP contribution in [0, 0.1) is 0 Å². The van der Waals surface area contributed by atoms with E-state index in [-0.39, 0.29) is 18.4 Å². The molecule has 0 spiro atoms. The van der Waals surface area contributed by atoms with Crippen molar-refractivity contribution in [2.24, 2.45) is 4.99 Å². The lowest BCUT2D eigenvalue weighted by Crippen LogP contribution is -2.08. The molecule has 0 atom stereocenters. The van der Waals surface area contributed by atoms with Crippen LogP contribution in [0.3, 0.4) is 0 Å². The molecule has 0 aromatic rings. The lowest BCUT2D eigenvalue weighted by molar-refractivity contribution is 0.756. The topological polar surface area (TPSA) is 24.4 Å². The smallest absolute Gasteiger partial charge is 0.0256 e. The normalized spacial score (nSPS) is 12.6. The maximum atomic E-state index is 4.10. The highest BCUT2D eigenvalue weighted by Crippen LogP contribution is 2.11. The van der Waals surface area contributed by atoms with Crippen molar-refractivity contribution in [3.05, 3.63) is 29.7 Å². The first kappa shape index (κ1) is 17.8. The molecule has 1 heterocycles. The fraction of sp³-hybridized carbons (Fsp3) is 0.538. The zero-order chi connectivity index (χ0) is 11.5. The first-order valence-electron chi connectivity index (χ1n) is 5.38. The Bertz CT molecular complexity index is 275. The van der Waals surface area contributed by atoms with E-state index in [0.29, 0.717) is 0 Å². The van der Waals surface area contributed by atoms with Gasteiger partial charge in [-0.05, 0) is 52.3 Å². The second-order valence-electron chi connectivity index (χ2n) is 3.69. The molecule has 1 rings (SSSR count). The predicted molar refractivity (Wildman–Crippen MR) is 80.8 cm³/mol. The Morgan fingerprint density at radius 1 is 1.62 bits per heavy atom. The number of rotatable bonds is 3. The van der Waals surface area contributed by atoms with Crippen molar-refractivity contribution >= 4 is 23.2 Å². The van der Waals surface area contributed by atoms with Crippen LogP contribution in [0.4, 0.5) is 0 Å². The molecule has 0 saturated carbocycles. The van der Waals surface area contributed by atoms with Gasteiger partial charge in [0.05, 0.1) is 0 Å². The Hall–Kier alpha value is -0.630. The van der Waals surface area contributed by atoms with E-state index in [0.717, 1.165) is 25.0 Å². The molecule has 16 heavy (non-hydrogen) atoms. The van der Waals surface area contributed by atoms with E-state index in [4.69, 9.17) is 0 Å². The molecule has 1 aliphatic heterocycles. The van der Waals surface area contributed by atoms with Crippen molar-refractivity contribution in [3.8, 4) is 0 Å². The third kappa shape index (κ3) is 11.4. The molecule has 0 unspecified atom stereocenters. The van der Waals surface area contributed by atoms with Gasteiger partial charge in [0.15, 0.2) is 0 Å². The molecule has 0 saturated heterocycles. The molecule has 3 heteroatoms. The molecule has 1 N–H and O–H groups in total. The van der Waals surface area contributed by atoms with Gasteiger partial charge in [0, 0.05) is 13.8 Å². The van der Waals surface area contributed by atoms with Crippen LogP contribution in [0.5, 0.6) is 0 Å². The Morgan fingerprint density at radius 3 is 2.62 bits per heavy atom. The van der Waals surface area contributed by atoms with Crippen molar-refractivity contribution in [2.45, 2.75) is 33.1 Å². The third-order valence-corrected chi connectivity index (χ3v) is 2.01. The molecule has 0 radical (unpaired) electrons. The molecule has 0 aromatic carbocycles. The first-order chi connectivity index (χ1) is 7.20. The summed E-state index contributed by atoms with van der Waals surface area (Å²) in [5.74, 6) is 0. The minimum Gasteiger partial charge on any atom is -0.319 e. The van der Waals surface area contributed by atoms with Gasteiger partial charge >= 0.3 is 0 Å². The highest BCUT2D eigenvalue weighted by molar-refractivity contribution is 8.93. The Labute approximate surface area is 111 Å². The Balaban J connectivity index is -0.000000247. The number of aliphatic imine (C=N–C) groups is 1. The predicted octanol–water partition coefficient (Wildman–Crippen LogP) is 3.91. The van der Waals surface area contributed by atoms with Crippen LogP contribution in [0.2, 0.25) is 0 Å². The van der Waals surface area contributed by atoms with Gasteiger partial charge in [-0.3, -0.25) is 4.99 Å². The van der Waals surface area contributed by atoms with Crippen LogP contribution in [-0.2, 0) is 0 Å². The molecule has 0 amide bonds. The van der Waals surface area contributed by atoms with Crippen molar-refractivity contribution in [2.75, 3.05) is 13.6 Å². The van der Waals surface area contributed by atoms with E-state index in [9.17, 15) is 0 Å². The van der Waals surface area contributed by atoms with E-state index < -0.39 is 0 Å². The van der Waals surface area contributed by atoms with E-state index in [1.165, 1.54) is 12.0 Å². The van der Waals surface area contributed by atoms with Crippen molar-refractivity contribution in [1.29, 1.82) is 0 Å². The summed E-state index contributed by atoms with van der Waals surface area (Å²) in [6.45, 7) is 8.40. The van der Waals surface area contributed by atoms with Crippen LogP contribution in [-0.4, -0.2) is 19.8 Å². The van der Waals surface area contributed by atoms with Gasteiger partial charge in [0.2, 0.25) is 0 Å². The number of allylic oxidation sites excluding steroid dienone is 1. The summed E-state index contributed by atoms with van der Waals surface area (Å²) in [6, 6.07) is 0. The largest absolute Gasteiger partial charge is 0.319 e. The minimum absolute atomic E-state index is 0. The van der Waals surface area contributed by atoms with Gasteiger partial charge in [-0.2, -0.15) is 0 Å². The van der Waals surface area contributed by atoms with E-state index in [2.05, 4.69) is 22.6 Å². The zero-order valence-electron chi connectivity index (χ0n) is 10.5. The second-order valence-corrected chi connectivity index (χ2v) is 3.69. The summed E-state index contributed by atoms with van der Waals surface area (Å²) in [5.41, 5.74) is 5.31. The van der Waals surface area contributed by atoms with Gasteiger partial charge in [-0.1, -0.05) is 12.2 Å². The van der Waals surface area contributed by atoms with Crippen molar-refractivity contribution in [1.82, 2.24) is 5.32 Å².